The molecule has 0 bridgehead atoms. The van der Waals surface area contributed by atoms with Gasteiger partial charge in [0.15, 0.2) is 0 Å². The number of aromatic nitrogens is 6. The van der Waals surface area contributed by atoms with Crippen molar-refractivity contribution in [3.8, 4) is 0 Å². The first-order chi connectivity index (χ1) is 11.6. The van der Waals surface area contributed by atoms with Crippen LogP contribution in [0.15, 0.2) is 18.6 Å². The number of aryl methyl sites for hydroxylation is 2. The Morgan fingerprint density at radius 1 is 1.33 bits per heavy atom. The Morgan fingerprint density at radius 2 is 2.12 bits per heavy atom. The Kier molecular flexibility index (Phi) is 3.51. The number of amides is 1. The van der Waals surface area contributed by atoms with Gasteiger partial charge in [0.2, 0.25) is 0 Å². The van der Waals surface area contributed by atoms with E-state index >= 15 is 0 Å². The van der Waals surface area contributed by atoms with Crippen LogP contribution in [-0.2, 0) is 7.05 Å². The molecule has 1 saturated carbocycles. The van der Waals surface area contributed by atoms with Gasteiger partial charge in [-0.3, -0.25) is 9.48 Å². The SMILES string of the molecule is Cc1cc(NC(=O)c2cn(C)nc2C2CCCC2)n2ncnc2n1. The first-order valence-electron chi connectivity index (χ1n) is 8.14. The maximum atomic E-state index is 12.8. The number of hydrogen-bond donors (Lipinski definition) is 1. The minimum Gasteiger partial charge on any atom is -0.306 e. The molecule has 1 aliphatic carbocycles. The van der Waals surface area contributed by atoms with Crippen molar-refractivity contribution in [2.75, 3.05) is 5.32 Å². The van der Waals surface area contributed by atoms with Crippen LogP contribution in [0, 0.1) is 6.92 Å². The molecule has 0 spiro atoms. The maximum absolute atomic E-state index is 12.8. The Labute approximate surface area is 138 Å². The summed E-state index contributed by atoms with van der Waals surface area (Å²) in [5.74, 6) is 1.22. The van der Waals surface area contributed by atoms with Crippen LogP contribution in [0.2, 0.25) is 0 Å². The Hall–Kier alpha value is -2.77. The lowest BCUT2D eigenvalue weighted by Crippen LogP contribution is -2.17. The third-order valence-electron chi connectivity index (χ3n) is 4.47. The predicted octanol–water partition coefficient (Wildman–Crippen LogP) is 2.08. The van der Waals surface area contributed by atoms with Crippen molar-refractivity contribution in [1.29, 1.82) is 0 Å². The van der Waals surface area contributed by atoms with Crippen molar-refractivity contribution in [3.05, 3.63) is 35.5 Å². The molecule has 1 amide bonds. The zero-order valence-electron chi connectivity index (χ0n) is 13.7. The molecule has 8 nitrogen and oxygen atoms in total. The van der Waals surface area contributed by atoms with Gasteiger partial charge in [-0.15, -0.1) is 0 Å². The zero-order valence-corrected chi connectivity index (χ0v) is 13.7. The molecule has 4 rings (SSSR count). The van der Waals surface area contributed by atoms with E-state index < -0.39 is 0 Å². The van der Waals surface area contributed by atoms with Crippen LogP contribution in [-0.4, -0.2) is 35.3 Å². The predicted molar refractivity (Wildman–Crippen MR) is 87.9 cm³/mol. The molecule has 0 aromatic carbocycles. The normalized spacial score (nSPS) is 15.2. The second kappa shape index (κ2) is 5.70. The van der Waals surface area contributed by atoms with E-state index in [1.54, 1.807) is 16.9 Å². The highest BCUT2D eigenvalue weighted by molar-refractivity contribution is 6.04. The van der Waals surface area contributed by atoms with E-state index in [1.165, 1.54) is 23.7 Å². The fraction of sp³-hybridized carbons (Fsp3) is 0.438. The van der Waals surface area contributed by atoms with Gasteiger partial charge in [0.25, 0.3) is 11.7 Å². The van der Waals surface area contributed by atoms with Gasteiger partial charge in [0.1, 0.15) is 12.1 Å². The molecule has 0 saturated heterocycles. The number of carbonyl (C=O) groups excluding carboxylic acids is 1. The van der Waals surface area contributed by atoms with Gasteiger partial charge < -0.3 is 5.32 Å². The number of fused-ring (bicyclic) bond motifs is 1. The average Bonchev–Trinajstić information content (AvgIpc) is 3.25. The quantitative estimate of drug-likeness (QED) is 0.796. The van der Waals surface area contributed by atoms with Crippen molar-refractivity contribution < 1.29 is 4.79 Å². The van der Waals surface area contributed by atoms with Crippen LogP contribution < -0.4 is 5.32 Å². The largest absolute Gasteiger partial charge is 0.306 e. The van der Waals surface area contributed by atoms with Crippen LogP contribution in [0.1, 0.15) is 53.3 Å². The van der Waals surface area contributed by atoms with E-state index in [0.29, 0.717) is 23.1 Å². The Bertz CT molecular complexity index is 904. The highest BCUT2D eigenvalue weighted by atomic mass is 16.1. The summed E-state index contributed by atoms with van der Waals surface area (Å²) >= 11 is 0. The van der Waals surface area contributed by atoms with E-state index in [1.807, 2.05) is 14.0 Å². The zero-order chi connectivity index (χ0) is 16.7. The standard InChI is InChI=1S/C16H19N7O/c1-10-7-13(23-16(19-10)17-9-18-23)20-15(24)12-8-22(2)21-14(12)11-5-3-4-6-11/h7-9,11H,3-6H2,1-2H3,(H,20,24). The fourth-order valence-electron chi connectivity index (χ4n) is 3.38. The van der Waals surface area contributed by atoms with E-state index in [2.05, 4.69) is 25.5 Å². The molecule has 3 heterocycles. The molecular weight excluding hydrogens is 306 g/mol. The minimum atomic E-state index is -0.174. The van der Waals surface area contributed by atoms with Crippen LogP contribution in [0.4, 0.5) is 5.82 Å². The Morgan fingerprint density at radius 3 is 2.92 bits per heavy atom. The van der Waals surface area contributed by atoms with Crippen LogP contribution in [0.3, 0.4) is 0 Å². The molecule has 3 aromatic heterocycles. The summed E-state index contributed by atoms with van der Waals surface area (Å²) in [5, 5.41) is 11.6. The van der Waals surface area contributed by atoms with Crippen molar-refractivity contribution in [2.45, 2.75) is 38.5 Å². The van der Waals surface area contributed by atoms with Crippen LogP contribution in [0.5, 0.6) is 0 Å². The van der Waals surface area contributed by atoms with Gasteiger partial charge >= 0.3 is 0 Å². The van der Waals surface area contributed by atoms with Crippen molar-refractivity contribution in [2.24, 2.45) is 7.05 Å². The molecule has 0 radical (unpaired) electrons. The monoisotopic (exact) mass is 325 g/mol. The third kappa shape index (κ3) is 2.53. The first kappa shape index (κ1) is 14.8. The summed E-state index contributed by atoms with van der Waals surface area (Å²) < 4.78 is 3.24. The molecule has 1 N–H and O–H groups in total. The minimum absolute atomic E-state index is 0.174. The summed E-state index contributed by atoms with van der Waals surface area (Å²) in [6, 6.07) is 1.78. The van der Waals surface area contributed by atoms with Gasteiger partial charge in [-0.2, -0.15) is 19.7 Å². The molecule has 3 aromatic rings. The smallest absolute Gasteiger partial charge is 0.260 e. The van der Waals surface area contributed by atoms with E-state index in [4.69, 9.17) is 0 Å². The van der Waals surface area contributed by atoms with Crippen molar-refractivity contribution in [1.82, 2.24) is 29.4 Å². The number of nitrogens with zero attached hydrogens (tertiary/aromatic N) is 6. The number of hydrogen-bond acceptors (Lipinski definition) is 5. The third-order valence-corrected chi connectivity index (χ3v) is 4.47. The molecular formula is C16H19N7O. The summed E-state index contributed by atoms with van der Waals surface area (Å²) in [4.78, 5) is 21.2. The van der Waals surface area contributed by atoms with E-state index in [-0.39, 0.29) is 5.91 Å². The van der Waals surface area contributed by atoms with Gasteiger partial charge in [0.05, 0.1) is 11.3 Å². The Balaban J connectivity index is 1.68. The van der Waals surface area contributed by atoms with Crippen LogP contribution >= 0.6 is 0 Å². The molecule has 1 aliphatic rings. The summed E-state index contributed by atoms with van der Waals surface area (Å²) in [7, 11) is 1.85. The second-order valence-electron chi connectivity index (χ2n) is 6.29. The maximum Gasteiger partial charge on any atom is 0.260 e. The highest BCUT2D eigenvalue weighted by Crippen LogP contribution is 2.35. The fourth-order valence-corrected chi connectivity index (χ4v) is 3.38. The first-order valence-corrected chi connectivity index (χ1v) is 8.14. The number of nitrogens with one attached hydrogen (secondary N) is 1. The summed E-state index contributed by atoms with van der Waals surface area (Å²) in [6.45, 7) is 1.86. The lowest BCUT2D eigenvalue weighted by Gasteiger charge is -2.10. The number of rotatable bonds is 3. The highest BCUT2D eigenvalue weighted by Gasteiger charge is 2.26. The van der Waals surface area contributed by atoms with Crippen molar-refractivity contribution in [3.63, 3.8) is 0 Å². The van der Waals surface area contributed by atoms with Gasteiger partial charge in [-0.25, -0.2) is 4.98 Å². The van der Waals surface area contributed by atoms with E-state index in [9.17, 15) is 4.79 Å². The summed E-state index contributed by atoms with van der Waals surface area (Å²) in [5.41, 5.74) is 2.30. The molecule has 1 fully saturated rings. The average molecular weight is 325 g/mol. The number of anilines is 1. The van der Waals surface area contributed by atoms with Gasteiger partial charge in [-0.05, 0) is 19.8 Å². The lowest BCUT2D eigenvalue weighted by molar-refractivity contribution is 0.102. The molecule has 8 heteroatoms. The van der Waals surface area contributed by atoms with Crippen LogP contribution in [0.25, 0.3) is 5.78 Å². The second-order valence-corrected chi connectivity index (χ2v) is 6.29. The molecule has 0 atom stereocenters. The van der Waals surface area contributed by atoms with Gasteiger partial charge in [0, 0.05) is 30.9 Å². The lowest BCUT2D eigenvalue weighted by atomic mass is 10.0. The number of carbonyl (C=O) groups is 1. The molecule has 0 aliphatic heterocycles. The molecule has 124 valence electrons. The van der Waals surface area contributed by atoms with E-state index in [0.717, 1.165) is 24.2 Å². The molecule has 24 heavy (non-hydrogen) atoms. The topological polar surface area (TPSA) is 90.0 Å². The van der Waals surface area contributed by atoms with Gasteiger partial charge in [-0.1, -0.05) is 12.8 Å². The van der Waals surface area contributed by atoms with Crippen molar-refractivity contribution >= 4 is 17.5 Å². The summed E-state index contributed by atoms with van der Waals surface area (Å²) in [6.07, 6.45) is 7.80. The molecule has 0 unspecified atom stereocenters.